The zero-order valence-corrected chi connectivity index (χ0v) is 5.80. The molecule has 0 unspecified atom stereocenters. The first-order valence-corrected chi connectivity index (χ1v) is 2.87. The van der Waals surface area contributed by atoms with Gasteiger partial charge in [0.2, 0.25) is 0 Å². The van der Waals surface area contributed by atoms with Crippen molar-refractivity contribution >= 4 is 0 Å². The number of hydrogen-bond acceptors (Lipinski definition) is 3. The van der Waals surface area contributed by atoms with Gasteiger partial charge in [0.25, 0.3) is 0 Å². The van der Waals surface area contributed by atoms with Crippen LogP contribution in [0.3, 0.4) is 0 Å². The molecule has 0 amide bonds. The fraction of sp³-hybridized carbons (Fsp3) is 0.600. The first-order valence-electron chi connectivity index (χ1n) is 2.87. The van der Waals surface area contributed by atoms with Gasteiger partial charge in [-0.15, -0.1) is 0 Å². The Labute approximate surface area is 57.1 Å². The highest BCUT2D eigenvalue weighted by molar-refractivity contribution is 4.92. The summed E-state index contributed by atoms with van der Waals surface area (Å²) in [5.74, 6) is 0.248. The number of H-pyrrole nitrogens is 2. The summed E-state index contributed by atoms with van der Waals surface area (Å²) in [4.78, 5) is 12.8. The van der Waals surface area contributed by atoms with E-state index in [2.05, 4.69) is 15.2 Å². The van der Waals surface area contributed by atoms with Gasteiger partial charge in [0.15, 0.2) is 5.82 Å². The van der Waals surface area contributed by atoms with E-state index in [1.807, 2.05) is 0 Å². The van der Waals surface area contributed by atoms with Gasteiger partial charge in [-0.2, -0.15) is 5.10 Å². The van der Waals surface area contributed by atoms with Gasteiger partial charge in [0.05, 0.1) is 0 Å². The summed E-state index contributed by atoms with van der Waals surface area (Å²) in [5.41, 5.74) is -1.49. The standard InChI is InChI=1S/C5H9N3O2/c1-5(2,10)3-6-4(9)8-7-3/h10H,1-2H3,(H2,6,7,8,9). The monoisotopic (exact) mass is 143 g/mol. The predicted molar refractivity (Wildman–Crippen MR) is 34.5 cm³/mol. The average Bonchev–Trinajstić information content (AvgIpc) is 2.11. The zero-order valence-electron chi connectivity index (χ0n) is 5.80. The third-order valence-electron chi connectivity index (χ3n) is 1.08. The van der Waals surface area contributed by atoms with Crippen molar-refractivity contribution in [3.8, 4) is 0 Å². The van der Waals surface area contributed by atoms with Crippen LogP contribution in [0.1, 0.15) is 19.7 Å². The lowest BCUT2D eigenvalue weighted by Crippen LogP contribution is -2.18. The number of aromatic nitrogens is 3. The molecular weight excluding hydrogens is 134 g/mol. The first-order chi connectivity index (χ1) is 4.50. The quantitative estimate of drug-likeness (QED) is 0.487. The van der Waals surface area contributed by atoms with Gasteiger partial charge in [-0.3, -0.25) is 4.98 Å². The molecule has 0 fully saturated rings. The molecule has 0 spiro atoms. The van der Waals surface area contributed by atoms with Crippen LogP contribution in [0.2, 0.25) is 0 Å². The van der Waals surface area contributed by atoms with Crippen molar-refractivity contribution in [3.05, 3.63) is 16.3 Å². The van der Waals surface area contributed by atoms with Gasteiger partial charge in [0, 0.05) is 0 Å². The molecule has 1 rings (SSSR count). The molecule has 0 aliphatic heterocycles. The molecular formula is C5H9N3O2. The highest BCUT2D eigenvalue weighted by Crippen LogP contribution is 2.11. The van der Waals surface area contributed by atoms with Crippen molar-refractivity contribution in [2.24, 2.45) is 0 Å². The number of rotatable bonds is 1. The topological polar surface area (TPSA) is 81.8 Å². The van der Waals surface area contributed by atoms with Crippen molar-refractivity contribution in [2.45, 2.75) is 19.4 Å². The van der Waals surface area contributed by atoms with E-state index in [1.165, 1.54) is 0 Å². The predicted octanol–water partition coefficient (Wildman–Crippen LogP) is -0.675. The van der Waals surface area contributed by atoms with Gasteiger partial charge < -0.3 is 5.11 Å². The molecule has 0 aliphatic carbocycles. The van der Waals surface area contributed by atoms with Crippen LogP contribution in [-0.2, 0) is 5.60 Å². The Bertz CT molecular complexity index is 267. The zero-order chi connectivity index (χ0) is 7.78. The Morgan fingerprint density at radius 3 is 2.40 bits per heavy atom. The maximum Gasteiger partial charge on any atom is 0.340 e. The first kappa shape index (κ1) is 7.01. The molecule has 5 nitrogen and oxygen atoms in total. The summed E-state index contributed by atoms with van der Waals surface area (Å²) in [6.45, 7) is 3.08. The second-order valence-corrected chi connectivity index (χ2v) is 2.59. The van der Waals surface area contributed by atoms with E-state index in [9.17, 15) is 9.90 Å². The number of nitrogens with one attached hydrogen (secondary N) is 2. The van der Waals surface area contributed by atoms with Crippen LogP contribution in [0.15, 0.2) is 4.79 Å². The number of nitrogens with zero attached hydrogens (tertiary/aromatic N) is 1. The van der Waals surface area contributed by atoms with Gasteiger partial charge in [0.1, 0.15) is 5.60 Å². The molecule has 10 heavy (non-hydrogen) atoms. The van der Waals surface area contributed by atoms with Crippen molar-refractivity contribution in [1.29, 1.82) is 0 Å². The van der Waals surface area contributed by atoms with E-state index >= 15 is 0 Å². The van der Waals surface area contributed by atoms with Gasteiger partial charge in [-0.1, -0.05) is 0 Å². The minimum Gasteiger partial charge on any atom is -0.382 e. The van der Waals surface area contributed by atoms with Crippen LogP contribution in [0, 0.1) is 0 Å². The number of aromatic amines is 2. The second kappa shape index (κ2) is 1.95. The highest BCUT2D eigenvalue weighted by Gasteiger charge is 2.19. The van der Waals surface area contributed by atoms with Crippen LogP contribution < -0.4 is 5.69 Å². The van der Waals surface area contributed by atoms with Crippen molar-refractivity contribution in [3.63, 3.8) is 0 Å². The average molecular weight is 143 g/mol. The van der Waals surface area contributed by atoms with E-state index < -0.39 is 11.3 Å². The minimum atomic E-state index is -1.08. The molecule has 0 bridgehead atoms. The fourth-order valence-electron chi connectivity index (χ4n) is 0.560. The van der Waals surface area contributed by atoms with Crippen molar-refractivity contribution in [2.75, 3.05) is 0 Å². The molecule has 0 aromatic carbocycles. The molecule has 3 N–H and O–H groups in total. The number of hydrogen-bond donors (Lipinski definition) is 3. The van der Waals surface area contributed by atoms with Crippen LogP contribution >= 0.6 is 0 Å². The van der Waals surface area contributed by atoms with Gasteiger partial charge in [-0.05, 0) is 13.8 Å². The summed E-state index contributed by atoms with van der Waals surface area (Å²) in [6, 6.07) is 0. The van der Waals surface area contributed by atoms with E-state index in [0.29, 0.717) is 0 Å². The Hall–Kier alpha value is -1.10. The molecule has 56 valence electrons. The van der Waals surface area contributed by atoms with Crippen LogP contribution in [0.25, 0.3) is 0 Å². The third kappa shape index (κ3) is 1.24. The molecule has 0 aliphatic rings. The molecule has 5 heteroatoms. The molecule has 0 atom stereocenters. The summed E-state index contributed by atoms with van der Waals surface area (Å²) < 4.78 is 0. The Morgan fingerprint density at radius 1 is 1.60 bits per heavy atom. The van der Waals surface area contributed by atoms with Crippen LogP contribution in [0.4, 0.5) is 0 Å². The molecule has 1 aromatic rings. The van der Waals surface area contributed by atoms with Crippen LogP contribution in [-0.4, -0.2) is 20.3 Å². The molecule has 0 saturated heterocycles. The fourth-order valence-corrected chi connectivity index (χ4v) is 0.560. The Balaban J connectivity index is 3.07. The number of aliphatic hydroxyl groups is 1. The third-order valence-corrected chi connectivity index (χ3v) is 1.08. The lowest BCUT2D eigenvalue weighted by Gasteiger charge is -2.11. The van der Waals surface area contributed by atoms with Crippen molar-refractivity contribution < 1.29 is 5.11 Å². The summed E-state index contributed by atoms with van der Waals surface area (Å²) in [6.07, 6.45) is 0. The summed E-state index contributed by atoms with van der Waals surface area (Å²) >= 11 is 0. The maximum absolute atomic E-state index is 10.5. The van der Waals surface area contributed by atoms with Crippen LogP contribution in [0.5, 0.6) is 0 Å². The maximum atomic E-state index is 10.5. The van der Waals surface area contributed by atoms with Gasteiger partial charge in [-0.25, -0.2) is 9.89 Å². The van der Waals surface area contributed by atoms with E-state index in [0.717, 1.165) is 0 Å². The SMILES string of the molecule is CC(C)(O)c1n[nH]c(=O)[nH]1. The minimum absolute atomic E-state index is 0.248. The second-order valence-electron chi connectivity index (χ2n) is 2.59. The lowest BCUT2D eigenvalue weighted by molar-refractivity contribution is 0.0690. The Morgan fingerprint density at radius 2 is 2.20 bits per heavy atom. The molecule has 1 aromatic heterocycles. The van der Waals surface area contributed by atoms with E-state index in [4.69, 9.17) is 0 Å². The van der Waals surface area contributed by atoms with E-state index in [-0.39, 0.29) is 5.82 Å². The normalized spacial score (nSPS) is 11.9. The lowest BCUT2D eigenvalue weighted by atomic mass is 10.1. The highest BCUT2D eigenvalue weighted by atomic mass is 16.3. The molecule has 1 heterocycles. The Kier molecular flexibility index (Phi) is 1.37. The van der Waals surface area contributed by atoms with Gasteiger partial charge >= 0.3 is 5.69 Å². The summed E-state index contributed by atoms with van der Waals surface area (Å²) in [5, 5.41) is 14.9. The molecule has 0 saturated carbocycles. The smallest absolute Gasteiger partial charge is 0.340 e. The van der Waals surface area contributed by atoms with Crippen molar-refractivity contribution in [1.82, 2.24) is 15.2 Å². The largest absolute Gasteiger partial charge is 0.382 e. The summed E-state index contributed by atoms with van der Waals surface area (Å²) in [7, 11) is 0. The van der Waals surface area contributed by atoms with E-state index in [1.54, 1.807) is 13.8 Å². The molecule has 0 radical (unpaired) electrons.